The van der Waals surface area contributed by atoms with Crippen molar-refractivity contribution in [3.05, 3.63) is 75.3 Å². The van der Waals surface area contributed by atoms with E-state index in [1.807, 2.05) is 0 Å². The van der Waals surface area contributed by atoms with E-state index in [0.717, 1.165) is 12.8 Å². The Morgan fingerprint density at radius 2 is 1.83 bits per heavy atom. The van der Waals surface area contributed by atoms with E-state index in [0.29, 0.717) is 27.8 Å². The first-order valence-corrected chi connectivity index (χ1v) is 10.1. The average molecular weight is 432 g/mol. The van der Waals surface area contributed by atoms with Gasteiger partial charge in [-0.2, -0.15) is 0 Å². The minimum atomic E-state index is -0.788. The van der Waals surface area contributed by atoms with Crippen LogP contribution in [0.1, 0.15) is 30.0 Å². The third kappa shape index (κ3) is 3.78. The number of amides is 1. The zero-order chi connectivity index (χ0) is 20.5. The molecule has 1 amide bonds. The van der Waals surface area contributed by atoms with E-state index in [2.05, 4.69) is 0 Å². The van der Waals surface area contributed by atoms with Crippen molar-refractivity contribution in [3.63, 3.8) is 0 Å². The van der Waals surface area contributed by atoms with Crippen LogP contribution in [0.3, 0.4) is 0 Å². The van der Waals surface area contributed by atoms with Gasteiger partial charge in [0.2, 0.25) is 0 Å². The SMILES string of the molecule is O=C1C(=O)N(C[C@@H]2CCCO2)[C@@H](c2ccccc2Cl)C1=C(O)c1ccc(Cl)cc1. The number of aliphatic hydroxyl groups is 1. The molecule has 4 rings (SSSR count). The van der Waals surface area contributed by atoms with E-state index in [1.54, 1.807) is 48.5 Å². The van der Waals surface area contributed by atoms with E-state index in [1.165, 1.54) is 4.90 Å². The molecule has 7 heteroatoms. The van der Waals surface area contributed by atoms with Gasteiger partial charge in [0.1, 0.15) is 5.76 Å². The lowest BCUT2D eigenvalue weighted by atomic mass is 9.95. The fourth-order valence-corrected chi connectivity index (χ4v) is 4.22. The molecule has 2 heterocycles. The zero-order valence-corrected chi connectivity index (χ0v) is 17.0. The third-order valence-corrected chi connectivity index (χ3v) is 5.88. The Bertz CT molecular complexity index is 981. The van der Waals surface area contributed by atoms with Crippen LogP contribution in [0.25, 0.3) is 5.76 Å². The van der Waals surface area contributed by atoms with Crippen molar-refractivity contribution in [1.82, 2.24) is 4.90 Å². The van der Waals surface area contributed by atoms with Gasteiger partial charge in [-0.3, -0.25) is 9.59 Å². The Balaban J connectivity index is 1.84. The van der Waals surface area contributed by atoms with E-state index in [4.69, 9.17) is 27.9 Å². The monoisotopic (exact) mass is 431 g/mol. The number of benzene rings is 2. The number of Topliss-reactive ketones (excluding diaryl/α,β-unsaturated/α-hetero) is 1. The summed E-state index contributed by atoms with van der Waals surface area (Å²) in [6.07, 6.45) is 1.58. The molecular formula is C22H19Cl2NO4. The van der Waals surface area contributed by atoms with E-state index in [9.17, 15) is 14.7 Å². The van der Waals surface area contributed by atoms with Gasteiger partial charge in [-0.25, -0.2) is 0 Å². The zero-order valence-electron chi connectivity index (χ0n) is 15.5. The van der Waals surface area contributed by atoms with Crippen molar-refractivity contribution in [1.29, 1.82) is 0 Å². The second-order valence-electron chi connectivity index (χ2n) is 7.11. The summed E-state index contributed by atoms with van der Waals surface area (Å²) in [5.41, 5.74) is 1.01. The van der Waals surface area contributed by atoms with Gasteiger partial charge in [0.15, 0.2) is 0 Å². The number of likely N-dealkylation sites (tertiary alicyclic amines) is 1. The summed E-state index contributed by atoms with van der Waals surface area (Å²) >= 11 is 12.3. The summed E-state index contributed by atoms with van der Waals surface area (Å²) in [5, 5.41) is 11.9. The molecule has 2 aliphatic rings. The van der Waals surface area contributed by atoms with Gasteiger partial charge in [0.25, 0.3) is 11.7 Å². The van der Waals surface area contributed by atoms with Crippen LogP contribution >= 0.6 is 23.2 Å². The number of aliphatic hydroxyl groups excluding tert-OH is 1. The summed E-state index contributed by atoms with van der Waals surface area (Å²) in [7, 11) is 0. The van der Waals surface area contributed by atoms with Crippen LogP contribution in [-0.2, 0) is 14.3 Å². The molecule has 2 aromatic carbocycles. The number of nitrogens with zero attached hydrogens (tertiary/aromatic N) is 1. The number of ether oxygens (including phenoxy) is 1. The van der Waals surface area contributed by atoms with Gasteiger partial charge >= 0.3 is 0 Å². The summed E-state index contributed by atoms with van der Waals surface area (Å²) in [6.45, 7) is 0.897. The van der Waals surface area contributed by atoms with Gasteiger partial charge < -0.3 is 14.7 Å². The number of rotatable bonds is 4. The van der Waals surface area contributed by atoms with E-state index < -0.39 is 17.7 Å². The number of carbonyl (C=O) groups is 2. The summed E-state index contributed by atoms with van der Waals surface area (Å²) in [5.74, 6) is -1.65. The average Bonchev–Trinajstić information content (AvgIpc) is 3.31. The van der Waals surface area contributed by atoms with Gasteiger partial charge in [-0.1, -0.05) is 41.4 Å². The fourth-order valence-electron chi connectivity index (χ4n) is 3.86. The van der Waals surface area contributed by atoms with Gasteiger partial charge in [-0.05, 0) is 48.7 Å². The first-order valence-electron chi connectivity index (χ1n) is 9.37. The number of ketones is 1. The van der Waals surface area contributed by atoms with E-state index in [-0.39, 0.29) is 24.0 Å². The van der Waals surface area contributed by atoms with Crippen LogP contribution in [0.5, 0.6) is 0 Å². The van der Waals surface area contributed by atoms with Crippen molar-refractivity contribution in [2.75, 3.05) is 13.2 Å². The van der Waals surface area contributed by atoms with Crippen LogP contribution < -0.4 is 0 Å². The first-order chi connectivity index (χ1) is 14.0. The smallest absolute Gasteiger partial charge is 0.295 e. The molecule has 0 bridgehead atoms. The number of hydrogen-bond acceptors (Lipinski definition) is 4. The highest BCUT2D eigenvalue weighted by Crippen LogP contribution is 2.42. The molecule has 5 nitrogen and oxygen atoms in total. The maximum absolute atomic E-state index is 12.9. The number of halogens is 2. The normalized spacial score (nSPS) is 23.7. The maximum atomic E-state index is 12.9. The highest BCUT2D eigenvalue weighted by molar-refractivity contribution is 6.47. The minimum Gasteiger partial charge on any atom is -0.507 e. The van der Waals surface area contributed by atoms with Crippen LogP contribution in [0.4, 0.5) is 0 Å². The fraction of sp³-hybridized carbons (Fsp3) is 0.273. The standard InChI is InChI=1S/C22H19Cl2NO4/c23-14-9-7-13(8-10-14)20(26)18-19(16-5-1-2-6-17(16)24)25(22(28)21(18)27)12-15-4-3-11-29-15/h1-2,5-10,15,19,26H,3-4,11-12H2/t15-,19-/m0/s1. The molecule has 0 spiro atoms. The van der Waals surface area contributed by atoms with E-state index >= 15 is 0 Å². The Hall–Kier alpha value is -2.34. The highest BCUT2D eigenvalue weighted by atomic mass is 35.5. The number of hydrogen-bond donors (Lipinski definition) is 1. The van der Waals surface area contributed by atoms with Crippen molar-refractivity contribution >= 4 is 40.7 Å². The molecular weight excluding hydrogens is 413 g/mol. The van der Waals surface area contributed by atoms with Crippen molar-refractivity contribution in [2.45, 2.75) is 25.0 Å². The third-order valence-electron chi connectivity index (χ3n) is 5.28. The van der Waals surface area contributed by atoms with Crippen molar-refractivity contribution in [2.24, 2.45) is 0 Å². The second-order valence-corrected chi connectivity index (χ2v) is 7.96. The Kier molecular flexibility index (Phi) is 5.63. The first kappa shape index (κ1) is 20.0. The van der Waals surface area contributed by atoms with Gasteiger partial charge in [-0.15, -0.1) is 0 Å². The minimum absolute atomic E-state index is 0.0171. The lowest BCUT2D eigenvalue weighted by molar-refractivity contribution is -0.140. The second kappa shape index (κ2) is 8.19. The summed E-state index contributed by atoms with van der Waals surface area (Å²) < 4.78 is 5.68. The van der Waals surface area contributed by atoms with Crippen molar-refractivity contribution < 1.29 is 19.4 Å². The van der Waals surface area contributed by atoms with Crippen LogP contribution in [0.2, 0.25) is 10.0 Å². The molecule has 29 heavy (non-hydrogen) atoms. The predicted octanol–water partition coefficient (Wildman–Crippen LogP) is 4.59. The van der Waals surface area contributed by atoms with Crippen LogP contribution in [0.15, 0.2) is 54.1 Å². The number of carbonyl (C=O) groups excluding carboxylic acids is 2. The molecule has 2 saturated heterocycles. The van der Waals surface area contributed by atoms with Gasteiger partial charge in [0.05, 0.1) is 17.7 Å². The Labute approximate surface area is 178 Å². The molecule has 0 saturated carbocycles. The molecule has 2 aliphatic heterocycles. The Morgan fingerprint density at radius 3 is 2.48 bits per heavy atom. The summed E-state index contributed by atoms with van der Waals surface area (Å²) in [4.78, 5) is 27.3. The molecule has 0 unspecified atom stereocenters. The molecule has 2 atom stereocenters. The molecule has 150 valence electrons. The lowest BCUT2D eigenvalue weighted by Gasteiger charge is -2.28. The maximum Gasteiger partial charge on any atom is 0.295 e. The summed E-state index contributed by atoms with van der Waals surface area (Å²) in [6, 6.07) is 12.7. The largest absolute Gasteiger partial charge is 0.507 e. The molecule has 1 N–H and O–H groups in total. The molecule has 2 fully saturated rings. The topological polar surface area (TPSA) is 66.8 Å². The molecule has 2 aromatic rings. The quantitative estimate of drug-likeness (QED) is 0.436. The molecule has 0 aromatic heterocycles. The van der Waals surface area contributed by atoms with Crippen molar-refractivity contribution in [3.8, 4) is 0 Å². The van der Waals surface area contributed by atoms with Crippen LogP contribution in [-0.4, -0.2) is 41.0 Å². The Morgan fingerprint density at radius 1 is 1.10 bits per heavy atom. The lowest BCUT2D eigenvalue weighted by Crippen LogP contribution is -2.36. The highest BCUT2D eigenvalue weighted by Gasteiger charge is 2.47. The van der Waals surface area contributed by atoms with Crippen LogP contribution in [0, 0.1) is 0 Å². The molecule has 0 aliphatic carbocycles. The van der Waals surface area contributed by atoms with Gasteiger partial charge in [0, 0.05) is 28.8 Å². The molecule has 0 radical (unpaired) electrons. The predicted molar refractivity (Wildman–Crippen MR) is 111 cm³/mol.